The van der Waals surface area contributed by atoms with Crippen molar-refractivity contribution in [2.45, 2.75) is 11.9 Å². The molecule has 3 aromatic rings. The van der Waals surface area contributed by atoms with Gasteiger partial charge in [-0.05, 0) is 43.0 Å². The van der Waals surface area contributed by atoms with Gasteiger partial charge in [0, 0.05) is 0 Å². The molecule has 0 radical (unpaired) electrons. The Morgan fingerprint density at radius 3 is 2.81 bits per heavy atom. The molecule has 1 aromatic carbocycles. The summed E-state index contributed by atoms with van der Waals surface area (Å²) < 4.78 is 2.22. The van der Waals surface area contributed by atoms with Crippen LogP contribution < -0.4 is 0 Å². The number of para-hydroxylation sites is 2. The third-order valence-corrected chi connectivity index (χ3v) is 3.44. The Balaban J connectivity index is 2.55. The molecule has 0 spiro atoms. The lowest BCUT2D eigenvalue weighted by Crippen LogP contribution is -1.90. The smallest absolute Gasteiger partial charge is 0.139 e. The molecule has 0 aliphatic heterocycles. The number of nitrogens with zero attached hydrogens (tertiary/aromatic N) is 2. The van der Waals surface area contributed by atoms with Crippen LogP contribution in [0.2, 0.25) is 0 Å². The van der Waals surface area contributed by atoms with Gasteiger partial charge in [0.2, 0.25) is 0 Å². The third kappa shape index (κ3) is 1.32. The first-order valence-corrected chi connectivity index (χ1v) is 6.44. The number of benzene rings is 1. The molecule has 0 saturated carbocycles. The number of aromatic nitrogens is 2. The van der Waals surface area contributed by atoms with E-state index in [4.69, 9.17) is 0 Å². The Morgan fingerprint density at radius 1 is 1.19 bits per heavy atom. The van der Waals surface area contributed by atoms with E-state index in [0.29, 0.717) is 0 Å². The maximum atomic E-state index is 4.63. The van der Waals surface area contributed by atoms with Crippen molar-refractivity contribution in [3.8, 4) is 0 Å². The van der Waals surface area contributed by atoms with E-state index in [9.17, 15) is 0 Å². The molecule has 0 saturated heterocycles. The first-order chi connectivity index (χ1) is 7.79. The predicted octanol–water partition coefficient (Wildman–Crippen LogP) is 3.52. The minimum atomic E-state index is 1.03. The molecule has 0 aliphatic rings. The van der Waals surface area contributed by atoms with Crippen LogP contribution in [0.25, 0.3) is 16.7 Å². The van der Waals surface area contributed by atoms with Gasteiger partial charge in [-0.1, -0.05) is 12.1 Å². The second-order valence-corrected chi connectivity index (χ2v) is 4.70. The van der Waals surface area contributed by atoms with E-state index in [2.05, 4.69) is 52.9 Å². The van der Waals surface area contributed by atoms with Crippen molar-refractivity contribution in [3.63, 3.8) is 0 Å². The Bertz CT molecular complexity index is 670. The summed E-state index contributed by atoms with van der Waals surface area (Å²) in [6, 6.07) is 12.6. The highest BCUT2D eigenvalue weighted by atomic mass is 32.2. The Kier molecular flexibility index (Phi) is 2.14. The standard InChI is InChI=1S/C13H12N2S/c1-9-7-12-14-10-5-3-4-6-11(10)15(12)13(8-9)16-2/h3-8H,1-2H3. The Labute approximate surface area is 98.3 Å². The Hall–Kier alpha value is -1.48. The Morgan fingerprint density at radius 2 is 2.00 bits per heavy atom. The van der Waals surface area contributed by atoms with Crippen molar-refractivity contribution in [1.29, 1.82) is 0 Å². The molecule has 16 heavy (non-hydrogen) atoms. The average molecular weight is 228 g/mol. The molecular weight excluding hydrogens is 216 g/mol. The minimum absolute atomic E-state index is 1.03. The van der Waals surface area contributed by atoms with Crippen molar-refractivity contribution in [3.05, 3.63) is 42.0 Å². The molecule has 0 atom stereocenters. The minimum Gasteiger partial charge on any atom is -0.287 e. The summed E-state index contributed by atoms with van der Waals surface area (Å²) in [5, 5.41) is 1.24. The van der Waals surface area contributed by atoms with Gasteiger partial charge in [0.25, 0.3) is 0 Å². The van der Waals surface area contributed by atoms with Crippen LogP contribution >= 0.6 is 11.8 Å². The van der Waals surface area contributed by atoms with Crippen molar-refractivity contribution in [2.24, 2.45) is 0 Å². The van der Waals surface area contributed by atoms with E-state index in [0.717, 1.165) is 11.2 Å². The van der Waals surface area contributed by atoms with Crippen LogP contribution in [-0.2, 0) is 0 Å². The average Bonchev–Trinajstić information content (AvgIpc) is 2.65. The molecule has 2 aromatic heterocycles. The van der Waals surface area contributed by atoms with Gasteiger partial charge >= 0.3 is 0 Å². The first kappa shape index (κ1) is 9.73. The molecule has 3 heteroatoms. The zero-order chi connectivity index (χ0) is 11.1. The van der Waals surface area contributed by atoms with Gasteiger partial charge in [-0.25, -0.2) is 4.98 Å². The van der Waals surface area contributed by atoms with Gasteiger partial charge in [-0.15, -0.1) is 11.8 Å². The zero-order valence-electron chi connectivity index (χ0n) is 9.27. The monoisotopic (exact) mass is 228 g/mol. The van der Waals surface area contributed by atoms with Crippen molar-refractivity contribution in [2.75, 3.05) is 6.26 Å². The summed E-state index contributed by atoms with van der Waals surface area (Å²) in [6.07, 6.45) is 2.10. The predicted molar refractivity (Wildman–Crippen MR) is 69.2 cm³/mol. The lowest BCUT2D eigenvalue weighted by molar-refractivity contribution is 1.05. The molecule has 0 amide bonds. The highest BCUT2D eigenvalue weighted by Gasteiger charge is 2.07. The largest absolute Gasteiger partial charge is 0.287 e. The molecule has 3 rings (SSSR count). The van der Waals surface area contributed by atoms with Crippen LogP contribution in [0.1, 0.15) is 5.56 Å². The third-order valence-electron chi connectivity index (χ3n) is 2.72. The number of fused-ring (bicyclic) bond motifs is 3. The van der Waals surface area contributed by atoms with Gasteiger partial charge in [-0.2, -0.15) is 0 Å². The second-order valence-electron chi connectivity index (χ2n) is 3.87. The number of pyridine rings is 1. The number of aryl methyl sites for hydroxylation is 1. The lowest BCUT2D eigenvalue weighted by atomic mass is 10.3. The fourth-order valence-corrected chi connectivity index (χ4v) is 2.71. The van der Waals surface area contributed by atoms with E-state index >= 15 is 0 Å². The SMILES string of the molecule is CSc1cc(C)cc2nc3ccccc3n12. The van der Waals surface area contributed by atoms with E-state index in [-0.39, 0.29) is 0 Å². The van der Waals surface area contributed by atoms with Crippen molar-refractivity contribution >= 4 is 28.4 Å². The zero-order valence-corrected chi connectivity index (χ0v) is 10.1. The fraction of sp³-hybridized carbons (Fsp3) is 0.154. The maximum absolute atomic E-state index is 4.63. The highest BCUT2D eigenvalue weighted by Crippen LogP contribution is 2.24. The molecule has 0 aliphatic carbocycles. The molecule has 2 heterocycles. The summed E-state index contributed by atoms with van der Waals surface area (Å²) in [6.45, 7) is 2.11. The van der Waals surface area contributed by atoms with Crippen molar-refractivity contribution < 1.29 is 0 Å². The van der Waals surface area contributed by atoms with Gasteiger partial charge in [-0.3, -0.25) is 4.40 Å². The number of imidazole rings is 1. The van der Waals surface area contributed by atoms with Gasteiger partial charge in [0.05, 0.1) is 16.1 Å². The van der Waals surface area contributed by atoms with E-state index < -0.39 is 0 Å². The summed E-state index contributed by atoms with van der Waals surface area (Å²) in [5.41, 5.74) is 4.53. The number of hydrogen-bond donors (Lipinski definition) is 0. The van der Waals surface area contributed by atoms with Crippen LogP contribution in [0.5, 0.6) is 0 Å². The van der Waals surface area contributed by atoms with Crippen LogP contribution in [0.15, 0.2) is 41.4 Å². The number of hydrogen-bond acceptors (Lipinski definition) is 2. The van der Waals surface area contributed by atoms with Gasteiger partial charge < -0.3 is 0 Å². The second kappa shape index (κ2) is 3.52. The van der Waals surface area contributed by atoms with Crippen LogP contribution in [-0.4, -0.2) is 15.6 Å². The topological polar surface area (TPSA) is 17.3 Å². The van der Waals surface area contributed by atoms with Crippen LogP contribution in [0.3, 0.4) is 0 Å². The lowest BCUT2D eigenvalue weighted by Gasteiger charge is -2.04. The van der Waals surface area contributed by atoms with Gasteiger partial charge in [0.1, 0.15) is 5.65 Å². The number of thioether (sulfide) groups is 1. The molecule has 0 N–H and O–H groups in total. The van der Waals surface area contributed by atoms with Crippen molar-refractivity contribution in [1.82, 2.24) is 9.38 Å². The quantitative estimate of drug-likeness (QED) is 0.593. The van der Waals surface area contributed by atoms with Gasteiger partial charge in [0.15, 0.2) is 0 Å². The molecule has 80 valence electrons. The fourth-order valence-electron chi connectivity index (χ4n) is 2.03. The maximum Gasteiger partial charge on any atom is 0.139 e. The van der Waals surface area contributed by atoms with Crippen LogP contribution in [0, 0.1) is 6.92 Å². The summed E-state index contributed by atoms with van der Waals surface area (Å²) >= 11 is 1.75. The summed E-state index contributed by atoms with van der Waals surface area (Å²) in [7, 11) is 0. The number of rotatable bonds is 1. The van der Waals surface area contributed by atoms with E-state index in [1.165, 1.54) is 16.1 Å². The summed E-state index contributed by atoms with van der Waals surface area (Å²) in [5.74, 6) is 0. The molecule has 0 fully saturated rings. The van der Waals surface area contributed by atoms with E-state index in [1.807, 2.05) is 6.07 Å². The molecule has 2 nitrogen and oxygen atoms in total. The van der Waals surface area contributed by atoms with E-state index in [1.54, 1.807) is 11.8 Å². The molecule has 0 bridgehead atoms. The summed E-state index contributed by atoms with van der Waals surface area (Å²) in [4.78, 5) is 4.63. The first-order valence-electron chi connectivity index (χ1n) is 5.21. The van der Waals surface area contributed by atoms with Crippen LogP contribution in [0.4, 0.5) is 0 Å². The normalized spacial score (nSPS) is 11.4. The molecule has 0 unspecified atom stereocenters. The molecular formula is C13H12N2S. The highest BCUT2D eigenvalue weighted by molar-refractivity contribution is 7.98.